The highest BCUT2D eigenvalue weighted by Crippen LogP contribution is 2.22. The third-order valence-electron chi connectivity index (χ3n) is 2.71. The van der Waals surface area contributed by atoms with Gasteiger partial charge >= 0.3 is 0 Å². The molecule has 1 aromatic carbocycles. The Balaban J connectivity index is 2.86. The van der Waals surface area contributed by atoms with Gasteiger partial charge in [-0.3, -0.25) is 0 Å². The van der Waals surface area contributed by atoms with Crippen LogP contribution < -0.4 is 0 Å². The van der Waals surface area contributed by atoms with Crippen molar-refractivity contribution in [3.05, 3.63) is 34.9 Å². The van der Waals surface area contributed by atoms with Crippen LogP contribution >= 0.6 is 0 Å². The van der Waals surface area contributed by atoms with Crippen molar-refractivity contribution in [2.45, 2.75) is 46.0 Å². The zero-order chi connectivity index (χ0) is 11.3. The van der Waals surface area contributed by atoms with E-state index >= 15 is 0 Å². The molecule has 0 aromatic heterocycles. The Morgan fingerprint density at radius 3 is 2.27 bits per heavy atom. The summed E-state index contributed by atoms with van der Waals surface area (Å²) in [6.45, 7) is 6.32. The molecule has 1 aromatic rings. The van der Waals surface area contributed by atoms with E-state index in [4.69, 9.17) is 0 Å². The average Bonchev–Trinajstić information content (AvgIpc) is 2.17. The normalized spacial score (nSPS) is 12.5. The van der Waals surface area contributed by atoms with Crippen LogP contribution in [-0.2, 0) is 4.79 Å². The van der Waals surface area contributed by atoms with Crippen LogP contribution in [0.25, 0.3) is 0 Å². The van der Waals surface area contributed by atoms with Crippen LogP contribution in [0.15, 0.2) is 18.2 Å². The maximum Gasteiger partial charge on any atom is 0.127 e. The molecule has 0 radical (unpaired) electrons. The van der Waals surface area contributed by atoms with Crippen LogP contribution in [0.5, 0.6) is 0 Å². The molecular formula is C14H20O. The summed E-state index contributed by atoms with van der Waals surface area (Å²) in [7, 11) is 0. The van der Waals surface area contributed by atoms with Crippen molar-refractivity contribution in [1.29, 1.82) is 0 Å². The number of carbonyl (C=O) groups excluding carboxylic acids is 1. The van der Waals surface area contributed by atoms with E-state index in [1.54, 1.807) is 0 Å². The molecule has 0 aliphatic rings. The van der Waals surface area contributed by atoms with E-state index in [2.05, 4.69) is 39.0 Å². The lowest BCUT2D eigenvalue weighted by Crippen LogP contribution is -2.01. The lowest BCUT2D eigenvalue weighted by atomic mass is 9.92. The maximum atomic E-state index is 11.0. The van der Waals surface area contributed by atoms with Crippen LogP contribution in [0, 0.1) is 13.8 Å². The number of aryl methyl sites for hydroxylation is 2. The first-order chi connectivity index (χ1) is 7.17. The Bertz CT molecular complexity index is 308. The van der Waals surface area contributed by atoms with Gasteiger partial charge in [-0.2, -0.15) is 0 Å². The largest absolute Gasteiger partial charge is 0.303 e. The van der Waals surface area contributed by atoms with E-state index in [1.165, 1.54) is 16.7 Å². The summed E-state index contributed by atoms with van der Waals surface area (Å²) in [6.07, 6.45) is 4.33. The number of aldehydes is 1. The summed E-state index contributed by atoms with van der Waals surface area (Å²) in [5.41, 5.74) is 3.66. The number of hydrogen-bond donors (Lipinski definition) is 0. The molecule has 0 heterocycles. The van der Waals surface area contributed by atoms with E-state index in [1.807, 2.05) is 0 Å². The topological polar surface area (TPSA) is 17.1 Å². The van der Waals surface area contributed by atoms with E-state index in [0.29, 0.717) is 0 Å². The van der Waals surface area contributed by atoms with Crippen molar-refractivity contribution in [2.24, 2.45) is 0 Å². The SMILES string of the molecule is CCCCC(C=O)c1cc(C)cc(C)c1. The third kappa shape index (κ3) is 3.50. The molecule has 0 saturated heterocycles. The molecule has 1 unspecified atom stereocenters. The first-order valence-corrected chi connectivity index (χ1v) is 5.71. The Kier molecular flexibility index (Phi) is 4.54. The summed E-state index contributed by atoms with van der Waals surface area (Å²) in [5.74, 6) is 0.0866. The van der Waals surface area contributed by atoms with E-state index in [9.17, 15) is 4.79 Å². The molecule has 82 valence electrons. The van der Waals surface area contributed by atoms with Gasteiger partial charge in [0.2, 0.25) is 0 Å². The fourth-order valence-corrected chi connectivity index (χ4v) is 1.96. The fraction of sp³-hybridized carbons (Fsp3) is 0.500. The minimum atomic E-state index is 0.0866. The number of carbonyl (C=O) groups is 1. The summed E-state index contributed by atoms with van der Waals surface area (Å²) >= 11 is 0. The van der Waals surface area contributed by atoms with E-state index < -0.39 is 0 Å². The molecule has 0 saturated carbocycles. The minimum absolute atomic E-state index is 0.0866. The van der Waals surface area contributed by atoms with Crippen molar-refractivity contribution in [1.82, 2.24) is 0 Å². The second kappa shape index (κ2) is 5.69. The molecule has 0 bridgehead atoms. The van der Waals surface area contributed by atoms with Gasteiger partial charge in [0.15, 0.2) is 0 Å². The van der Waals surface area contributed by atoms with Crippen LogP contribution in [0.2, 0.25) is 0 Å². The highest BCUT2D eigenvalue weighted by molar-refractivity contribution is 5.62. The maximum absolute atomic E-state index is 11.0. The van der Waals surface area contributed by atoms with Crippen LogP contribution in [0.3, 0.4) is 0 Å². The van der Waals surface area contributed by atoms with E-state index in [-0.39, 0.29) is 5.92 Å². The van der Waals surface area contributed by atoms with Crippen LogP contribution in [0.1, 0.15) is 48.8 Å². The van der Waals surface area contributed by atoms with Crippen LogP contribution in [0.4, 0.5) is 0 Å². The summed E-state index contributed by atoms with van der Waals surface area (Å²) in [4.78, 5) is 11.0. The van der Waals surface area contributed by atoms with Crippen molar-refractivity contribution in [3.8, 4) is 0 Å². The van der Waals surface area contributed by atoms with Crippen molar-refractivity contribution < 1.29 is 4.79 Å². The smallest absolute Gasteiger partial charge is 0.127 e. The Labute approximate surface area is 92.5 Å². The van der Waals surface area contributed by atoms with Gasteiger partial charge in [-0.15, -0.1) is 0 Å². The predicted octanol–water partition coefficient (Wildman–Crippen LogP) is 3.78. The Morgan fingerprint density at radius 1 is 1.20 bits per heavy atom. The highest BCUT2D eigenvalue weighted by Gasteiger charge is 2.10. The van der Waals surface area contributed by atoms with Gasteiger partial charge in [-0.05, 0) is 25.8 Å². The van der Waals surface area contributed by atoms with Gasteiger partial charge in [-0.25, -0.2) is 0 Å². The Hall–Kier alpha value is -1.11. The summed E-state index contributed by atoms with van der Waals surface area (Å²) in [6, 6.07) is 6.40. The molecule has 0 spiro atoms. The quantitative estimate of drug-likeness (QED) is 0.667. The highest BCUT2D eigenvalue weighted by atomic mass is 16.1. The zero-order valence-electron chi connectivity index (χ0n) is 9.92. The molecule has 1 nitrogen and oxygen atoms in total. The molecule has 1 rings (SSSR count). The molecule has 15 heavy (non-hydrogen) atoms. The fourth-order valence-electron chi connectivity index (χ4n) is 1.96. The Morgan fingerprint density at radius 2 is 1.80 bits per heavy atom. The van der Waals surface area contributed by atoms with Gasteiger partial charge in [0.25, 0.3) is 0 Å². The van der Waals surface area contributed by atoms with Gasteiger partial charge < -0.3 is 4.79 Å². The van der Waals surface area contributed by atoms with Gasteiger partial charge in [-0.1, -0.05) is 49.1 Å². The molecule has 1 heteroatoms. The summed E-state index contributed by atoms with van der Waals surface area (Å²) in [5, 5.41) is 0. The van der Waals surface area contributed by atoms with Gasteiger partial charge in [0.1, 0.15) is 6.29 Å². The first-order valence-electron chi connectivity index (χ1n) is 5.71. The molecule has 0 aliphatic heterocycles. The second-order valence-electron chi connectivity index (χ2n) is 4.31. The average molecular weight is 204 g/mol. The number of rotatable bonds is 5. The molecular weight excluding hydrogens is 184 g/mol. The minimum Gasteiger partial charge on any atom is -0.303 e. The summed E-state index contributed by atoms with van der Waals surface area (Å²) < 4.78 is 0. The molecule has 0 N–H and O–H groups in total. The van der Waals surface area contributed by atoms with Gasteiger partial charge in [0.05, 0.1) is 0 Å². The number of unbranched alkanes of at least 4 members (excludes halogenated alkanes) is 1. The molecule has 1 atom stereocenters. The molecule has 0 amide bonds. The number of hydrogen-bond acceptors (Lipinski definition) is 1. The lowest BCUT2D eigenvalue weighted by molar-refractivity contribution is -0.109. The lowest BCUT2D eigenvalue weighted by Gasteiger charge is -2.11. The van der Waals surface area contributed by atoms with Crippen LogP contribution in [-0.4, -0.2) is 6.29 Å². The van der Waals surface area contributed by atoms with Crippen molar-refractivity contribution >= 4 is 6.29 Å². The molecule has 0 fully saturated rings. The first kappa shape index (κ1) is 12.0. The van der Waals surface area contributed by atoms with E-state index in [0.717, 1.165) is 25.5 Å². The van der Waals surface area contributed by atoms with Crippen molar-refractivity contribution in [3.63, 3.8) is 0 Å². The molecule has 0 aliphatic carbocycles. The zero-order valence-corrected chi connectivity index (χ0v) is 9.92. The van der Waals surface area contributed by atoms with Crippen molar-refractivity contribution in [2.75, 3.05) is 0 Å². The third-order valence-corrected chi connectivity index (χ3v) is 2.71. The predicted molar refractivity (Wildman–Crippen MR) is 64.2 cm³/mol. The second-order valence-corrected chi connectivity index (χ2v) is 4.31. The monoisotopic (exact) mass is 204 g/mol. The standard InChI is InChI=1S/C14H20O/c1-4-5-6-13(10-15)14-8-11(2)7-12(3)9-14/h7-10,13H,4-6H2,1-3H3. The van der Waals surface area contributed by atoms with Gasteiger partial charge in [0, 0.05) is 5.92 Å². The number of benzene rings is 1.